The van der Waals surface area contributed by atoms with Gasteiger partial charge in [-0.2, -0.15) is 0 Å². The van der Waals surface area contributed by atoms with E-state index in [2.05, 4.69) is 55.6 Å². The summed E-state index contributed by atoms with van der Waals surface area (Å²) in [6.45, 7) is 4.26. The van der Waals surface area contributed by atoms with Crippen LogP contribution in [0.3, 0.4) is 0 Å². The average molecular weight is 710 g/mol. The summed E-state index contributed by atoms with van der Waals surface area (Å²) in [5.74, 6) is -0.179. The number of allylic oxidation sites excluding steroid dienone is 6. The maximum Gasteiger partial charge on any atom is 0.220 e. The van der Waals surface area contributed by atoms with Gasteiger partial charge in [0.05, 0.1) is 18.8 Å². The number of unbranched alkanes of at least 4 members (excludes halogenated alkanes) is 19. The zero-order valence-electron chi connectivity index (χ0n) is 31.6. The Morgan fingerprint density at radius 3 is 1.72 bits per heavy atom. The topological polar surface area (TPSA) is 149 Å². The summed E-state index contributed by atoms with van der Waals surface area (Å²) in [7, 11) is 0. The van der Waals surface area contributed by atoms with Crippen LogP contribution in [-0.4, -0.2) is 81.1 Å². The third-order valence-electron chi connectivity index (χ3n) is 9.50. The van der Waals surface area contributed by atoms with Crippen molar-refractivity contribution in [3.8, 4) is 0 Å². The van der Waals surface area contributed by atoms with Crippen molar-refractivity contribution in [1.29, 1.82) is 0 Å². The third kappa shape index (κ3) is 23.8. The molecular weight excluding hydrogens is 634 g/mol. The van der Waals surface area contributed by atoms with Crippen molar-refractivity contribution >= 4 is 5.91 Å². The van der Waals surface area contributed by atoms with E-state index in [-0.39, 0.29) is 12.5 Å². The predicted octanol–water partition coefficient (Wildman–Crippen LogP) is 7.68. The summed E-state index contributed by atoms with van der Waals surface area (Å²) < 4.78 is 10.8. The Hall–Kier alpha value is -1.59. The number of amides is 1. The number of hydrogen-bond donors (Lipinski definition) is 6. The minimum atomic E-state index is -1.72. The van der Waals surface area contributed by atoms with E-state index in [0.29, 0.717) is 12.8 Å². The normalized spacial score (nSPS) is 22.6. The van der Waals surface area contributed by atoms with Crippen LogP contribution >= 0.6 is 0 Å². The number of ether oxygens (including phenoxy) is 2. The van der Waals surface area contributed by atoms with Crippen molar-refractivity contribution < 1.29 is 39.8 Å². The van der Waals surface area contributed by atoms with Crippen LogP contribution in [0.5, 0.6) is 0 Å². The first-order valence-corrected chi connectivity index (χ1v) is 20.3. The Balaban J connectivity index is 2.37. The highest BCUT2D eigenvalue weighted by Crippen LogP contribution is 2.22. The van der Waals surface area contributed by atoms with E-state index in [4.69, 9.17) is 9.47 Å². The van der Waals surface area contributed by atoms with E-state index in [9.17, 15) is 30.3 Å². The highest BCUT2D eigenvalue weighted by Gasteiger charge is 2.44. The van der Waals surface area contributed by atoms with Gasteiger partial charge in [0.25, 0.3) is 0 Å². The van der Waals surface area contributed by atoms with Gasteiger partial charge in [0.15, 0.2) is 12.6 Å². The van der Waals surface area contributed by atoms with Gasteiger partial charge in [-0.1, -0.05) is 166 Å². The molecule has 0 bridgehead atoms. The van der Waals surface area contributed by atoms with E-state index in [0.717, 1.165) is 64.2 Å². The largest absolute Gasteiger partial charge is 0.391 e. The van der Waals surface area contributed by atoms with Crippen LogP contribution in [0.4, 0.5) is 0 Å². The van der Waals surface area contributed by atoms with Crippen LogP contribution in [-0.2, 0) is 14.3 Å². The van der Waals surface area contributed by atoms with Gasteiger partial charge in [0.1, 0.15) is 18.3 Å². The number of hydrogen-bond acceptors (Lipinski definition) is 8. The van der Waals surface area contributed by atoms with Crippen LogP contribution in [0, 0.1) is 0 Å². The molecule has 1 amide bonds. The third-order valence-corrected chi connectivity index (χ3v) is 9.50. The van der Waals surface area contributed by atoms with Crippen LogP contribution in [0.15, 0.2) is 36.5 Å². The molecule has 0 aliphatic carbocycles. The molecule has 9 nitrogen and oxygen atoms in total. The molecule has 0 aromatic heterocycles. The summed E-state index contributed by atoms with van der Waals surface area (Å²) in [4.78, 5) is 12.9. The van der Waals surface area contributed by atoms with Gasteiger partial charge < -0.3 is 40.3 Å². The molecule has 1 aliphatic heterocycles. The maximum atomic E-state index is 12.9. The van der Waals surface area contributed by atoms with E-state index < -0.39 is 43.0 Å². The molecule has 1 rings (SSSR count). The van der Waals surface area contributed by atoms with Gasteiger partial charge >= 0.3 is 0 Å². The van der Waals surface area contributed by atoms with E-state index in [1.807, 2.05) is 0 Å². The molecule has 1 heterocycles. The number of carbonyl (C=O) groups excluding carboxylic acids is 1. The molecule has 9 heteroatoms. The van der Waals surface area contributed by atoms with Crippen molar-refractivity contribution in [3.63, 3.8) is 0 Å². The molecule has 1 fully saturated rings. The monoisotopic (exact) mass is 710 g/mol. The average Bonchev–Trinajstić information content (AvgIpc) is 3.11. The quantitative estimate of drug-likeness (QED) is 0.0308. The second-order valence-electron chi connectivity index (χ2n) is 14.2. The number of rotatable bonds is 32. The minimum absolute atomic E-state index is 0.179. The molecule has 0 radical (unpaired) electrons. The zero-order valence-corrected chi connectivity index (χ0v) is 31.6. The van der Waals surface area contributed by atoms with Crippen LogP contribution in [0.2, 0.25) is 0 Å². The summed E-state index contributed by atoms with van der Waals surface area (Å²) in [5, 5.41) is 53.8. The van der Waals surface area contributed by atoms with E-state index in [1.165, 1.54) is 77.0 Å². The summed E-state index contributed by atoms with van der Waals surface area (Å²) >= 11 is 0. The molecular formula is C41H75NO8. The smallest absolute Gasteiger partial charge is 0.220 e. The van der Waals surface area contributed by atoms with Crippen molar-refractivity contribution in [2.24, 2.45) is 0 Å². The molecule has 0 saturated carbocycles. The van der Waals surface area contributed by atoms with E-state index >= 15 is 0 Å². The highest BCUT2D eigenvalue weighted by atomic mass is 16.7. The molecule has 7 atom stereocenters. The molecule has 0 aromatic carbocycles. The predicted molar refractivity (Wildman–Crippen MR) is 202 cm³/mol. The van der Waals surface area contributed by atoms with Crippen LogP contribution < -0.4 is 5.32 Å². The van der Waals surface area contributed by atoms with Gasteiger partial charge in [-0.15, -0.1) is 0 Å². The summed E-state index contributed by atoms with van der Waals surface area (Å²) in [5.41, 5.74) is 0. The standard InChI is InChI=1S/C41H75NO8/c1-3-5-7-9-11-13-15-17-18-20-22-24-26-28-30-32-36(44)42-34(33-49-41-39(47)37(45)38(46)40(48)50-41)35(43)31-29-27-25-23-21-19-16-14-12-10-8-6-4-2/h9,11,13,15,17-18,34-35,37-41,43,45-48H,3-8,10,12,14,16,19-33H2,1-2H3,(H,42,44)/b11-9+,15-13+,18-17-/t34-,35+,37?,38?,39?,40?,41?/m0/s1. The lowest BCUT2D eigenvalue weighted by molar-refractivity contribution is -0.341. The van der Waals surface area contributed by atoms with Crippen molar-refractivity contribution in [2.75, 3.05) is 6.61 Å². The van der Waals surface area contributed by atoms with E-state index in [1.54, 1.807) is 0 Å². The Morgan fingerprint density at radius 2 is 1.14 bits per heavy atom. The number of aliphatic hydroxyl groups excluding tert-OH is 5. The Morgan fingerprint density at radius 1 is 0.640 bits per heavy atom. The number of aliphatic hydroxyl groups is 5. The van der Waals surface area contributed by atoms with Crippen molar-refractivity contribution in [2.45, 2.75) is 211 Å². The maximum absolute atomic E-state index is 12.9. The van der Waals surface area contributed by atoms with Gasteiger partial charge in [-0.25, -0.2) is 0 Å². The molecule has 0 aromatic rings. The Bertz CT molecular complexity index is 881. The van der Waals surface area contributed by atoms with Crippen LogP contribution in [0.1, 0.15) is 168 Å². The molecule has 50 heavy (non-hydrogen) atoms. The van der Waals surface area contributed by atoms with Gasteiger partial charge in [-0.05, 0) is 32.1 Å². The van der Waals surface area contributed by atoms with Gasteiger partial charge in [0, 0.05) is 6.42 Å². The van der Waals surface area contributed by atoms with Gasteiger partial charge in [0.2, 0.25) is 5.91 Å². The number of carbonyl (C=O) groups is 1. The highest BCUT2D eigenvalue weighted by molar-refractivity contribution is 5.76. The van der Waals surface area contributed by atoms with Crippen molar-refractivity contribution in [1.82, 2.24) is 5.32 Å². The lowest BCUT2D eigenvalue weighted by Gasteiger charge is -2.38. The lowest BCUT2D eigenvalue weighted by atomic mass is 10.0. The first-order valence-electron chi connectivity index (χ1n) is 20.3. The molecule has 0 spiro atoms. The summed E-state index contributed by atoms with van der Waals surface area (Å²) in [6, 6.07) is -0.746. The van der Waals surface area contributed by atoms with Gasteiger partial charge in [-0.3, -0.25) is 4.79 Å². The second-order valence-corrected chi connectivity index (χ2v) is 14.2. The molecule has 1 aliphatic rings. The zero-order chi connectivity index (χ0) is 36.7. The first-order chi connectivity index (χ1) is 24.3. The lowest BCUT2D eigenvalue weighted by Crippen LogP contribution is -2.59. The number of nitrogens with one attached hydrogen (secondary N) is 1. The Kier molecular flexibility index (Phi) is 29.8. The fraction of sp³-hybridized carbons (Fsp3) is 0.829. The Labute approximate surface area is 304 Å². The van der Waals surface area contributed by atoms with Crippen molar-refractivity contribution in [3.05, 3.63) is 36.5 Å². The molecule has 5 unspecified atom stereocenters. The fourth-order valence-corrected chi connectivity index (χ4v) is 6.14. The molecule has 6 N–H and O–H groups in total. The SMILES string of the molecule is CCCC/C=C/C=C/C=C\CCCCCCCC(=O)N[C@@H](COC1OC(O)C(O)C(O)C1O)[C@H](O)CCCCCCCCCCCCCCC. The van der Waals surface area contributed by atoms with Crippen LogP contribution in [0.25, 0.3) is 0 Å². The second kappa shape index (κ2) is 32.1. The minimum Gasteiger partial charge on any atom is -0.391 e. The molecule has 292 valence electrons. The summed E-state index contributed by atoms with van der Waals surface area (Å²) in [6.07, 6.45) is 30.2. The molecule has 1 saturated heterocycles. The first kappa shape index (κ1) is 46.4. The fourth-order valence-electron chi connectivity index (χ4n) is 6.14.